The molecule has 15 heavy (non-hydrogen) atoms. The summed E-state index contributed by atoms with van der Waals surface area (Å²) in [6.07, 6.45) is 1.12. The van der Waals surface area contributed by atoms with Gasteiger partial charge >= 0.3 is 0 Å². The summed E-state index contributed by atoms with van der Waals surface area (Å²) in [6, 6.07) is 8.53. The SMILES string of the molecule is c1ccc2c(c1)CCO[C@H]2C1=[NH+]CCN1. The molecule has 2 N–H and O–H groups in total. The number of fused-ring (bicyclic) bond motifs is 1. The van der Waals surface area contributed by atoms with Gasteiger partial charge in [-0.15, -0.1) is 0 Å². The second-order valence-electron chi connectivity index (χ2n) is 3.97. The third-order valence-electron chi connectivity index (χ3n) is 3.01. The summed E-state index contributed by atoms with van der Waals surface area (Å²) in [6.45, 7) is 2.81. The molecule has 0 saturated carbocycles. The standard InChI is InChI=1S/C12H14N2O/c1-2-4-10-9(3-1)5-8-15-11(10)12-13-6-7-14-12/h1-4,11H,5-8H2,(H,13,14)/p+1/t11-/m1/s1. The Morgan fingerprint density at radius 3 is 3.13 bits per heavy atom. The van der Waals surface area contributed by atoms with Crippen molar-refractivity contribution in [1.29, 1.82) is 0 Å². The predicted octanol–water partition coefficient (Wildman–Crippen LogP) is -0.617. The average molecular weight is 203 g/mol. The zero-order chi connectivity index (χ0) is 10.1. The van der Waals surface area contributed by atoms with E-state index < -0.39 is 0 Å². The molecule has 78 valence electrons. The second kappa shape index (κ2) is 3.66. The first kappa shape index (κ1) is 8.92. The molecule has 0 fully saturated rings. The summed E-state index contributed by atoms with van der Waals surface area (Å²) in [5.74, 6) is 1.13. The highest BCUT2D eigenvalue weighted by molar-refractivity contribution is 5.83. The fraction of sp³-hybridized carbons (Fsp3) is 0.417. The molecule has 0 spiro atoms. The highest BCUT2D eigenvalue weighted by Gasteiger charge is 2.31. The van der Waals surface area contributed by atoms with Crippen LogP contribution < -0.4 is 10.3 Å². The van der Waals surface area contributed by atoms with Crippen molar-refractivity contribution in [2.45, 2.75) is 12.5 Å². The van der Waals surface area contributed by atoms with E-state index in [0.29, 0.717) is 0 Å². The maximum atomic E-state index is 5.83. The molecule has 0 unspecified atom stereocenters. The van der Waals surface area contributed by atoms with Crippen LogP contribution in [0.2, 0.25) is 0 Å². The van der Waals surface area contributed by atoms with Gasteiger partial charge in [0.05, 0.1) is 6.61 Å². The van der Waals surface area contributed by atoms with Crippen molar-refractivity contribution in [2.75, 3.05) is 19.7 Å². The molecule has 2 aliphatic heterocycles. The Labute approximate surface area is 89.2 Å². The molecule has 0 amide bonds. The molecule has 2 heterocycles. The highest BCUT2D eigenvalue weighted by atomic mass is 16.5. The summed E-state index contributed by atoms with van der Waals surface area (Å²) in [5.41, 5.74) is 2.72. The van der Waals surface area contributed by atoms with Gasteiger partial charge in [-0.3, -0.25) is 10.3 Å². The van der Waals surface area contributed by atoms with Crippen molar-refractivity contribution < 1.29 is 9.73 Å². The lowest BCUT2D eigenvalue weighted by atomic mass is 9.97. The van der Waals surface area contributed by atoms with Crippen molar-refractivity contribution in [1.82, 2.24) is 5.32 Å². The van der Waals surface area contributed by atoms with Crippen LogP contribution in [0.5, 0.6) is 0 Å². The van der Waals surface area contributed by atoms with Crippen LogP contribution in [0.15, 0.2) is 24.3 Å². The number of nitrogens with one attached hydrogen (secondary N) is 2. The summed E-state index contributed by atoms with van der Waals surface area (Å²) >= 11 is 0. The lowest BCUT2D eigenvalue weighted by Gasteiger charge is -2.23. The molecule has 3 heteroatoms. The van der Waals surface area contributed by atoms with Gasteiger partial charge in [-0.2, -0.15) is 0 Å². The number of benzene rings is 1. The molecule has 0 aliphatic carbocycles. The Hall–Kier alpha value is -1.35. The van der Waals surface area contributed by atoms with Crippen LogP contribution in [0.4, 0.5) is 0 Å². The quantitative estimate of drug-likeness (QED) is 0.638. The smallest absolute Gasteiger partial charge is 0.277 e. The van der Waals surface area contributed by atoms with Gasteiger partial charge in [0.25, 0.3) is 5.84 Å². The van der Waals surface area contributed by atoms with E-state index in [-0.39, 0.29) is 6.10 Å². The number of hydrogen-bond acceptors (Lipinski definition) is 2. The first-order chi connectivity index (χ1) is 7.45. The minimum atomic E-state index is 0.0949. The fourth-order valence-electron chi connectivity index (χ4n) is 2.28. The van der Waals surface area contributed by atoms with Crippen molar-refractivity contribution in [2.24, 2.45) is 0 Å². The molecule has 1 aromatic carbocycles. The van der Waals surface area contributed by atoms with Crippen LogP contribution in [0, 0.1) is 0 Å². The van der Waals surface area contributed by atoms with Gasteiger partial charge in [-0.1, -0.05) is 24.3 Å². The van der Waals surface area contributed by atoms with Gasteiger partial charge in [-0.25, -0.2) is 0 Å². The summed E-state index contributed by atoms with van der Waals surface area (Å²) < 4.78 is 5.83. The van der Waals surface area contributed by atoms with Crippen LogP contribution in [0.1, 0.15) is 17.2 Å². The number of rotatable bonds is 1. The highest BCUT2D eigenvalue weighted by Crippen LogP contribution is 2.26. The first-order valence-electron chi connectivity index (χ1n) is 5.49. The normalized spacial score (nSPS) is 24.3. The van der Waals surface area contributed by atoms with E-state index in [2.05, 4.69) is 34.6 Å². The molecule has 3 nitrogen and oxygen atoms in total. The Bertz CT molecular complexity index is 400. The molecule has 2 aliphatic rings. The summed E-state index contributed by atoms with van der Waals surface area (Å²) in [7, 11) is 0. The van der Waals surface area contributed by atoms with Crippen LogP contribution in [-0.4, -0.2) is 25.5 Å². The molecule has 0 radical (unpaired) electrons. The number of hydrogen-bond donors (Lipinski definition) is 2. The third kappa shape index (κ3) is 1.53. The zero-order valence-corrected chi connectivity index (χ0v) is 8.62. The van der Waals surface area contributed by atoms with Gasteiger partial charge in [0.15, 0.2) is 6.10 Å². The molecule has 0 bridgehead atoms. The van der Waals surface area contributed by atoms with E-state index in [0.717, 1.165) is 32.0 Å². The second-order valence-corrected chi connectivity index (χ2v) is 3.97. The molecular formula is C12H15N2O+. The van der Waals surface area contributed by atoms with E-state index >= 15 is 0 Å². The first-order valence-corrected chi connectivity index (χ1v) is 5.49. The molecule has 0 saturated heterocycles. The topological polar surface area (TPSA) is 35.2 Å². The minimum Gasteiger partial charge on any atom is -0.360 e. The van der Waals surface area contributed by atoms with Crippen molar-refractivity contribution in [3.05, 3.63) is 35.4 Å². The predicted molar refractivity (Wildman–Crippen MR) is 57.7 cm³/mol. The van der Waals surface area contributed by atoms with Gasteiger partial charge in [0, 0.05) is 0 Å². The van der Waals surface area contributed by atoms with E-state index in [9.17, 15) is 0 Å². The molecule has 0 aromatic heterocycles. The van der Waals surface area contributed by atoms with Crippen LogP contribution >= 0.6 is 0 Å². The average Bonchev–Trinajstić information content (AvgIpc) is 2.82. The maximum absolute atomic E-state index is 5.83. The Morgan fingerprint density at radius 2 is 2.27 bits per heavy atom. The molecule has 1 aromatic rings. The molecule has 3 rings (SSSR count). The lowest BCUT2D eigenvalue weighted by molar-refractivity contribution is -0.448. The summed E-state index contributed by atoms with van der Waals surface area (Å²) in [4.78, 5) is 3.35. The van der Waals surface area contributed by atoms with Gasteiger partial charge in [-0.05, 0) is 17.5 Å². The van der Waals surface area contributed by atoms with E-state index in [1.54, 1.807) is 0 Å². The summed E-state index contributed by atoms with van der Waals surface area (Å²) in [5, 5.41) is 3.35. The Balaban J connectivity index is 1.98. The number of ether oxygens (including phenoxy) is 1. The molecule has 1 atom stereocenters. The van der Waals surface area contributed by atoms with E-state index in [4.69, 9.17) is 4.74 Å². The van der Waals surface area contributed by atoms with E-state index in [1.807, 2.05) is 0 Å². The lowest BCUT2D eigenvalue weighted by Crippen LogP contribution is -2.72. The fourth-order valence-corrected chi connectivity index (χ4v) is 2.28. The maximum Gasteiger partial charge on any atom is 0.277 e. The van der Waals surface area contributed by atoms with Gasteiger partial charge in [0.1, 0.15) is 13.1 Å². The Morgan fingerprint density at radius 1 is 1.33 bits per heavy atom. The molecular weight excluding hydrogens is 188 g/mol. The van der Waals surface area contributed by atoms with Crippen molar-refractivity contribution >= 4 is 5.84 Å². The minimum absolute atomic E-state index is 0.0949. The number of amidine groups is 1. The van der Waals surface area contributed by atoms with Gasteiger partial charge < -0.3 is 4.74 Å². The van der Waals surface area contributed by atoms with Crippen LogP contribution in [0.25, 0.3) is 0 Å². The van der Waals surface area contributed by atoms with Crippen molar-refractivity contribution in [3.8, 4) is 0 Å². The van der Waals surface area contributed by atoms with Crippen molar-refractivity contribution in [3.63, 3.8) is 0 Å². The van der Waals surface area contributed by atoms with Gasteiger partial charge in [0.2, 0.25) is 0 Å². The largest absolute Gasteiger partial charge is 0.360 e. The van der Waals surface area contributed by atoms with Crippen LogP contribution in [-0.2, 0) is 11.2 Å². The van der Waals surface area contributed by atoms with E-state index in [1.165, 1.54) is 11.1 Å². The monoisotopic (exact) mass is 203 g/mol. The Kier molecular flexibility index (Phi) is 2.18. The zero-order valence-electron chi connectivity index (χ0n) is 8.62. The van der Waals surface area contributed by atoms with Crippen LogP contribution in [0.3, 0.4) is 0 Å². The third-order valence-corrected chi connectivity index (χ3v) is 3.01.